The quantitative estimate of drug-likeness (QED) is 0.507. The van der Waals surface area contributed by atoms with E-state index in [0.717, 1.165) is 68.3 Å². The lowest BCUT2D eigenvalue weighted by molar-refractivity contribution is -0.137. The van der Waals surface area contributed by atoms with Gasteiger partial charge in [-0.1, -0.05) is 18.2 Å². The minimum absolute atomic E-state index is 0.0493. The van der Waals surface area contributed by atoms with Crippen LogP contribution in [0.3, 0.4) is 0 Å². The normalized spacial score (nSPS) is 19.2. The number of aromatic nitrogens is 1. The molecule has 0 radical (unpaired) electrons. The number of hydrogen-bond donors (Lipinski definition) is 3. The van der Waals surface area contributed by atoms with Crippen molar-refractivity contribution in [2.24, 2.45) is 0 Å². The molecule has 0 saturated carbocycles. The summed E-state index contributed by atoms with van der Waals surface area (Å²) < 4.78 is 5.81. The van der Waals surface area contributed by atoms with Crippen molar-refractivity contribution < 1.29 is 14.6 Å². The molecular weight excluding hydrogens is 416 g/mol. The summed E-state index contributed by atoms with van der Waals surface area (Å²) in [5, 5.41) is 16.5. The van der Waals surface area contributed by atoms with Gasteiger partial charge in [-0.15, -0.1) is 0 Å². The first-order chi connectivity index (χ1) is 16.0. The Kier molecular flexibility index (Phi) is 7.83. The average molecular weight is 453 g/mol. The molecule has 7 heteroatoms. The predicted molar refractivity (Wildman–Crippen MR) is 130 cm³/mol. The molecule has 3 N–H and O–H groups in total. The third-order valence-electron chi connectivity index (χ3n) is 6.36. The molecule has 0 amide bonds. The number of ether oxygens (including phenoxy) is 1. The third-order valence-corrected chi connectivity index (χ3v) is 6.36. The topological polar surface area (TPSA) is 86.7 Å². The maximum Gasteiger partial charge on any atom is 0.305 e. The SMILES string of the molecule is CC(C)Oc1cccc(C(CC(=O)O)N[C@@H]2CCN(CCc3ccc4c(n3)NCCC4)C2)c1. The number of benzene rings is 1. The van der Waals surface area contributed by atoms with E-state index in [4.69, 9.17) is 9.72 Å². The van der Waals surface area contributed by atoms with E-state index in [1.165, 1.54) is 12.0 Å². The summed E-state index contributed by atoms with van der Waals surface area (Å²) in [6, 6.07) is 12.2. The van der Waals surface area contributed by atoms with Crippen molar-refractivity contribution in [2.75, 3.05) is 31.5 Å². The molecule has 0 spiro atoms. The molecule has 2 atom stereocenters. The highest BCUT2D eigenvalue weighted by atomic mass is 16.5. The van der Waals surface area contributed by atoms with Gasteiger partial charge in [0.25, 0.3) is 0 Å². The first-order valence-corrected chi connectivity index (χ1v) is 12.2. The maximum atomic E-state index is 11.6. The molecule has 0 bridgehead atoms. The molecule has 2 aliphatic heterocycles. The van der Waals surface area contributed by atoms with Gasteiger partial charge in [0.05, 0.1) is 12.5 Å². The fraction of sp³-hybridized carbons (Fsp3) is 0.538. The van der Waals surface area contributed by atoms with Crippen molar-refractivity contribution in [2.45, 2.75) is 64.1 Å². The van der Waals surface area contributed by atoms with Gasteiger partial charge in [-0.2, -0.15) is 0 Å². The minimum atomic E-state index is -0.801. The van der Waals surface area contributed by atoms with Gasteiger partial charge in [0.2, 0.25) is 0 Å². The third kappa shape index (κ3) is 6.68. The molecule has 1 aromatic heterocycles. The molecule has 2 aromatic rings. The number of carboxylic acid groups (broad SMARTS) is 1. The number of hydrogen-bond acceptors (Lipinski definition) is 6. The molecule has 1 saturated heterocycles. The number of pyridine rings is 1. The highest BCUT2D eigenvalue weighted by Gasteiger charge is 2.26. The van der Waals surface area contributed by atoms with Crippen LogP contribution in [0.1, 0.15) is 56.0 Å². The van der Waals surface area contributed by atoms with E-state index in [2.05, 4.69) is 27.7 Å². The number of aryl methyl sites for hydroxylation is 1. The van der Waals surface area contributed by atoms with Gasteiger partial charge in [-0.3, -0.25) is 4.79 Å². The largest absolute Gasteiger partial charge is 0.491 e. The van der Waals surface area contributed by atoms with E-state index >= 15 is 0 Å². The molecule has 1 aromatic carbocycles. The van der Waals surface area contributed by atoms with Gasteiger partial charge in [0.15, 0.2) is 0 Å². The number of nitrogens with one attached hydrogen (secondary N) is 2. The molecule has 4 rings (SSSR count). The van der Waals surface area contributed by atoms with E-state index in [-0.39, 0.29) is 24.6 Å². The number of anilines is 1. The van der Waals surface area contributed by atoms with Crippen LogP contribution < -0.4 is 15.4 Å². The monoisotopic (exact) mass is 452 g/mol. The Morgan fingerprint density at radius 3 is 3.03 bits per heavy atom. The molecule has 178 valence electrons. The van der Waals surface area contributed by atoms with E-state index in [9.17, 15) is 9.90 Å². The van der Waals surface area contributed by atoms with Crippen LogP contribution in [0.5, 0.6) is 5.75 Å². The summed E-state index contributed by atoms with van der Waals surface area (Å²) in [5.74, 6) is 1.03. The Morgan fingerprint density at radius 1 is 1.33 bits per heavy atom. The number of likely N-dealkylation sites (tertiary alicyclic amines) is 1. The Hall–Kier alpha value is -2.64. The zero-order valence-corrected chi connectivity index (χ0v) is 19.7. The van der Waals surface area contributed by atoms with Crippen molar-refractivity contribution in [1.29, 1.82) is 0 Å². The van der Waals surface area contributed by atoms with Crippen LogP contribution in [0.25, 0.3) is 0 Å². The Balaban J connectivity index is 1.33. The molecular formula is C26H36N4O3. The van der Waals surface area contributed by atoms with Crippen molar-refractivity contribution >= 4 is 11.8 Å². The highest BCUT2D eigenvalue weighted by molar-refractivity contribution is 5.68. The zero-order valence-electron chi connectivity index (χ0n) is 19.7. The van der Waals surface area contributed by atoms with Crippen LogP contribution >= 0.6 is 0 Å². The minimum Gasteiger partial charge on any atom is -0.491 e. The van der Waals surface area contributed by atoms with Gasteiger partial charge >= 0.3 is 5.97 Å². The van der Waals surface area contributed by atoms with E-state index in [0.29, 0.717) is 0 Å². The van der Waals surface area contributed by atoms with Gasteiger partial charge in [0, 0.05) is 43.8 Å². The lowest BCUT2D eigenvalue weighted by Gasteiger charge is -2.23. The molecule has 7 nitrogen and oxygen atoms in total. The number of carboxylic acids is 1. The number of fused-ring (bicyclic) bond motifs is 1. The van der Waals surface area contributed by atoms with Crippen molar-refractivity contribution in [3.8, 4) is 5.75 Å². The molecule has 1 unspecified atom stereocenters. The zero-order chi connectivity index (χ0) is 23.2. The van der Waals surface area contributed by atoms with E-state index in [1.54, 1.807) is 0 Å². The molecule has 33 heavy (non-hydrogen) atoms. The second-order valence-corrected chi connectivity index (χ2v) is 9.43. The summed E-state index contributed by atoms with van der Waals surface area (Å²) in [6.45, 7) is 7.88. The van der Waals surface area contributed by atoms with Crippen LogP contribution in [0, 0.1) is 0 Å². The van der Waals surface area contributed by atoms with Gasteiger partial charge < -0.3 is 25.4 Å². The molecule has 3 heterocycles. The lowest BCUT2D eigenvalue weighted by atomic mass is 10.0. The van der Waals surface area contributed by atoms with Gasteiger partial charge in [-0.05, 0) is 69.0 Å². The summed E-state index contributed by atoms with van der Waals surface area (Å²) >= 11 is 0. The van der Waals surface area contributed by atoms with E-state index in [1.807, 2.05) is 38.1 Å². The maximum absolute atomic E-state index is 11.6. The standard InChI is InChI=1S/C26H36N4O3/c1-18(2)33-23-7-3-5-20(15-23)24(16-25(31)32)28-22-11-14-30(17-22)13-10-21-9-8-19-6-4-12-27-26(19)29-21/h3,5,7-9,15,18,22,24,28H,4,6,10-14,16-17H2,1-2H3,(H,27,29)(H,31,32)/t22-,24?/m1/s1. The number of rotatable bonds is 10. The fourth-order valence-corrected chi connectivity index (χ4v) is 4.76. The number of carbonyl (C=O) groups is 1. The Labute approximate surface area is 196 Å². The second kappa shape index (κ2) is 11.0. The van der Waals surface area contributed by atoms with Crippen molar-refractivity contribution in [1.82, 2.24) is 15.2 Å². The van der Waals surface area contributed by atoms with Crippen LogP contribution in [-0.2, 0) is 17.6 Å². The number of nitrogens with zero attached hydrogens (tertiary/aromatic N) is 2. The summed E-state index contributed by atoms with van der Waals surface area (Å²) in [7, 11) is 0. The van der Waals surface area contributed by atoms with Gasteiger partial charge in [0.1, 0.15) is 11.6 Å². The van der Waals surface area contributed by atoms with Crippen LogP contribution in [0.15, 0.2) is 36.4 Å². The average Bonchev–Trinajstić information content (AvgIpc) is 3.24. The predicted octanol–water partition coefficient (Wildman–Crippen LogP) is 3.65. The van der Waals surface area contributed by atoms with Crippen molar-refractivity contribution in [3.63, 3.8) is 0 Å². The summed E-state index contributed by atoms with van der Waals surface area (Å²) in [6.07, 6.45) is 4.35. The van der Waals surface area contributed by atoms with E-state index < -0.39 is 5.97 Å². The first-order valence-electron chi connectivity index (χ1n) is 12.2. The van der Waals surface area contributed by atoms with Crippen LogP contribution in [0.2, 0.25) is 0 Å². The Morgan fingerprint density at radius 2 is 2.21 bits per heavy atom. The van der Waals surface area contributed by atoms with Crippen LogP contribution in [0.4, 0.5) is 5.82 Å². The number of aliphatic carboxylic acids is 1. The molecule has 2 aliphatic rings. The first kappa shape index (κ1) is 23.5. The van der Waals surface area contributed by atoms with Crippen LogP contribution in [-0.4, -0.2) is 59.3 Å². The second-order valence-electron chi connectivity index (χ2n) is 9.43. The highest BCUT2D eigenvalue weighted by Crippen LogP contribution is 2.25. The smallest absolute Gasteiger partial charge is 0.305 e. The lowest BCUT2D eigenvalue weighted by Crippen LogP contribution is -2.36. The summed E-state index contributed by atoms with van der Waals surface area (Å²) in [4.78, 5) is 18.8. The fourth-order valence-electron chi connectivity index (χ4n) is 4.76. The van der Waals surface area contributed by atoms with Crippen molar-refractivity contribution in [3.05, 3.63) is 53.2 Å². The molecule has 1 fully saturated rings. The molecule has 0 aliphatic carbocycles. The summed E-state index contributed by atoms with van der Waals surface area (Å²) in [5.41, 5.74) is 3.41. The Bertz CT molecular complexity index is 949. The van der Waals surface area contributed by atoms with Gasteiger partial charge in [-0.25, -0.2) is 4.98 Å².